The molecule has 0 fully saturated rings. The Balaban J connectivity index is 5.50. The SMILES string of the molecule is C=C(C)C(=O)OCC(F)(F)C(F)(F)C(F)(F)C(F)(F)COP(=O)(O)O. The van der Waals surface area contributed by atoms with Gasteiger partial charge in [0, 0.05) is 5.57 Å². The van der Waals surface area contributed by atoms with Crippen molar-refractivity contribution in [2.75, 3.05) is 13.2 Å². The van der Waals surface area contributed by atoms with Crippen LogP contribution in [0, 0.1) is 0 Å². The average molecular weight is 410 g/mol. The van der Waals surface area contributed by atoms with E-state index in [4.69, 9.17) is 9.79 Å². The number of esters is 1. The monoisotopic (exact) mass is 410 g/mol. The van der Waals surface area contributed by atoms with Crippen LogP contribution in [0.15, 0.2) is 12.2 Å². The molecule has 0 aliphatic heterocycles. The maximum Gasteiger partial charge on any atom is 0.469 e. The molecule has 6 nitrogen and oxygen atoms in total. The Morgan fingerprint density at radius 3 is 1.64 bits per heavy atom. The lowest BCUT2D eigenvalue weighted by Gasteiger charge is -2.36. The van der Waals surface area contributed by atoms with Crippen LogP contribution in [-0.4, -0.2) is 52.7 Å². The van der Waals surface area contributed by atoms with Gasteiger partial charge in [-0.2, -0.15) is 35.1 Å². The van der Waals surface area contributed by atoms with Crippen LogP contribution < -0.4 is 0 Å². The molecule has 0 saturated heterocycles. The van der Waals surface area contributed by atoms with E-state index < -0.39 is 56.3 Å². The van der Waals surface area contributed by atoms with Gasteiger partial charge in [-0.25, -0.2) is 9.36 Å². The third kappa shape index (κ3) is 5.36. The molecule has 0 unspecified atom stereocenters. The third-order valence-corrected chi connectivity index (χ3v) is 2.93. The van der Waals surface area contributed by atoms with Gasteiger partial charge in [-0.05, 0) is 6.92 Å². The van der Waals surface area contributed by atoms with Crippen LogP contribution in [0.25, 0.3) is 0 Å². The van der Waals surface area contributed by atoms with E-state index in [-0.39, 0.29) is 0 Å². The Morgan fingerprint density at radius 2 is 1.32 bits per heavy atom. The zero-order chi connectivity index (χ0) is 20.5. The summed E-state index contributed by atoms with van der Waals surface area (Å²) in [6, 6.07) is 0. The van der Waals surface area contributed by atoms with Gasteiger partial charge in [0.2, 0.25) is 0 Å². The van der Waals surface area contributed by atoms with Gasteiger partial charge in [0.1, 0.15) is 6.61 Å². The van der Waals surface area contributed by atoms with Crippen LogP contribution >= 0.6 is 7.82 Å². The lowest BCUT2D eigenvalue weighted by molar-refractivity contribution is -0.373. The Kier molecular flexibility index (Phi) is 6.82. The largest absolute Gasteiger partial charge is 0.469 e. The molecule has 0 aromatic carbocycles. The van der Waals surface area contributed by atoms with Crippen LogP contribution in [0.1, 0.15) is 6.92 Å². The summed E-state index contributed by atoms with van der Waals surface area (Å²) in [5, 5.41) is 0. The Labute approximate surface area is 134 Å². The standard InChI is InChI=1S/C10H11F8O6P/c1-5(2)6(19)23-3-7(11,12)9(15,16)10(17,18)8(13,14)4-24-25(20,21)22/h1,3-4H2,2H3,(H2,20,21,22). The molecule has 0 aliphatic carbocycles. The number of halogens is 8. The minimum absolute atomic E-state index is 0.564. The summed E-state index contributed by atoms with van der Waals surface area (Å²) in [6.07, 6.45) is 0. The summed E-state index contributed by atoms with van der Waals surface area (Å²) >= 11 is 0. The first-order valence-electron chi connectivity index (χ1n) is 5.82. The van der Waals surface area contributed by atoms with E-state index in [1.165, 1.54) is 0 Å². The number of alkyl halides is 8. The molecule has 0 bridgehead atoms. The fraction of sp³-hybridized carbons (Fsp3) is 0.700. The van der Waals surface area contributed by atoms with E-state index in [2.05, 4.69) is 15.8 Å². The van der Waals surface area contributed by atoms with Crippen LogP contribution in [0.3, 0.4) is 0 Å². The van der Waals surface area contributed by atoms with Gasteiger partial charge in [-0.3, -0.25) is 4.52 Å². The highest BCUT2D eigenvalue weighted by molar-refractivity contribution is 7.46. The fourth-order valence-corrected chi connectivity index (χ4v) is 1.42. The normalized spacial score (nSPS) is 14.4. The Hall–Kier alpha value is -1.24. The molecule has 0 aliphatic rings. The van der Waals surface area contributed by atoms with Crippen LogP contribution in [0.5, 0.6) is 0 Å². The second-order valence-electron chi connectivity index (χ2n) is 4.68. The van der Waals surface area contributed by atoms with E-state index >= 15 is 0 Å². The molecular weight excluding hydrogens is 399 g/mol. The zero-order valence-electron chi connectivity index (χ0n) is 12.1. The summed E-state index contributed by atoms with van der Waals surface area (Å²) < 4.78 is 123. The van der Waals surface area contributed by atoms with Crippen molar-refractivity contribution >= 4 is 13.8 Å². The van der Waals surface area contributed by atoms with Gasteiger partial charge in [0.25, 0.3) is 0 Å². The van der Waals surface area contributed by atoms with Gasteiger partial charge in [-0.15, -0.1) is 0 Å². The van der Waals surface area contributed by atoms with Gasteiger partial charge in [0.15, 0.2) is 6.61 Å². The Morgan fingerprint density at radius 1 is 0.960 bits per heavy atom. The van der Waals surface area contributed by atoms with Crippen molar-refractivity contribution in [2.45, 2.75) is 30.6 Å². The molecule has 15 heteroatoms. The first kappa shape index (κ1) is 23.8. The molecule has 25 heavy (non-hydrogen) atoms. The molecule has 0 aromatic heterocycles. The lowest BCUT2D eigenvalue weighted by atomic mass is 9.99. The summed E-state index contributed by atoms with van der Waals surface area (Å²) in [5.41, 5.74) is -0.564. The van der Waals surface area contributed by atoms with Crippen molar-refractivity contribution < 1.29 is 63.5 Å². The number of rotatable bonds is 9. The predicted octanol–water partition coefficient (Wildman–Crippen LogP) is 2.76. The van der Waals surface area contributed by atoms with Crippen molar-refractivity contribution in [1.29, 1.82) is 0 Å². The molecule has 0 atom stereocenters. The summed E-state index contributed by atoms with van der Waals surface area (Å²) in [7, 11) is -5.79. The van der Waals surface area contributed by atoms with Crippen LogP contribution in [0.4, 0.5) is 35.1 Å². The molecule has 0 spiro atoms. The molecule has 0 heterocycles. The van der Waals surface area contributed by atoms with Gasteiger partial charge in [-0.1, -0.05) is 6.58 Å². The summed E-state index contributed by atoms with van der Waals surface area (Å²) in [6.45, 7) is -1.88. The first-order chi connectivity index (χ1) is 10.8. The second-order valence-corrected chi connectivity index (χ2v) is 5.92. The number of hydrogen-bond donors (Lipinski definition) is 2. The minimum Gasteiger partial charge on any atom is -0.456 e. The molecule has 0 rings (SSSR count). The highest BCUT2D eigenvalue weighted by Crippen LogP contribution is 2.53. The zero-order valence-corrected chi connectivity index (χ0v) is 13.0. The van der Waals surface area contributed by atoms with E-state index in [0.717, 1.165) is 6.92 Å². The summed E-state index contributed by atoms with van der Waals surface area (Å²) in [5.74, 6) is -27.4. The van der Waals surface area contributed by atoms with Gasteiger partial charge < -0.3 is 14.5 Å². The van der Waals surface area contributed by atoms with E-state index in [9.17, 15) is 44.5 Å². The van der Waals surface area contributed by atoms with Crippen molar-refractivity contribution in [3.05, 3.63) is 12.2 Å². The fourth-order valence-electron chi connectivity index (χ4n) is 1.09. The molecule has 2 N–H and O–H groups in total. The van der Waals surface area contributed by atoms with Crippen LogP contribution in [0.2, 0.25) is 0 Å². The highest BCUT2D eigenvalue weighted by Gasteiger charge is 2.80. The third-order valence-electron chi connectivity index (χ3n) is 2.46. The van der Waals surface area contributed by atoms with E-state index in [0.29, 0.717) is 0 Å². The molecular formula is C10H11F8O6P. The van der Waals surface area contributed by atoms with E-state index in [1.54, 1.807) is 0 Å². The number of phosphoric ester groups is 1. The average Bonchev–Trinajstić information content (AvgIpc) is 2.41. The molecule has 148 valence electrons. The topological polar surface area (TPSA) is 93.1 Å². The molecule has 0 aromatic rings. The van der Waals surface area contributed by atoms with Crippen molar-refractivity contribution in [3.8, 4) is 0 Å². The lowest BCUT2D eigenvalue weighted by Crippen LogP contribution is -2.64. The predicted molar refractivity (Wildman–Crippen MR) is 63.6 cm³/mol. The maximum absolute atomic E-state index is 13.3. The summed E-state index contributed by atoms with van der Waals surface area (Å²) in [4.78, 5) is 27.1. The quantitative estimate of drug-likeness (QED) is 0.263. The minimum atomic E-state index is -6.83. The second kappa shape index (κ2) is 7.17. The van der Waals surface area contributed by atoms with Gasteiger partial charge in [0.05, 0.1) is 0 Å². The van der Waals surface area contributed by atoms with Crippen molar-refractivity contribution in [1.82, 2.24) is 0 Å². The first-order valence-corrected chi connectivity index (χ1v) is 7.35. The number of carbonyl (C=O) groups is 1. The molecule has 0 saturated carbocycles. The van der Waals surface area contributed by atoms with Crippen molar-refractivity contribution in [2.24, 2.45) is 0 Å². The maximum atomic E-state index is 13.3. The van der Waals surface area contributed by atoms with E-state index in [1.807, 2.05) is 0 Å². The highest BCUT2D eigenvalue weighted by atomic mass is 31.2. The Bertz CT molecular complexity index is 572. The van der Waals surface area contributed by atoms with Crippen LogP contribution in [-0.2, 0) is 18.6 Å². The molecule has 0 radical (unpaired) electrons. The number of ether oxygens (including phenoxy) is 1. The van der Waals surface area contributed by atoms with Gasteiger partial charge >= 0.3 is 37.5 Å². The number of carbonyl (C=O) groups excluding carboxylic acids is 1. The number of hydrogen-bond acceptors (Lipinski definition) is 4. The smallest absolute Gasteiger partial charge is 0.456 e. The molecule has 0 amide bonds. The number of phosphoric acid groups is 1. The van der Waals surface area contributed by atoms with Crippen molar-refractivity contribution in [3.63, 3.8) is 0 Å².